The Morgan fingerprint density at radius 2 is 2.00 bits per heavy atom. The van der Waals surface area contributed by atoms with Gasteiger partial charge in [-0.05, 0) is 37.6 Å². The van der Waals surface area contributed by atoms with Crippen LogP contribution in [0, 0.1) is 0 Å². The van der Waals surface area contributed by atoms with Gasteiger partial charge in [0.2, 0.25) is 0 Å². The standard InChI is InChI=1S/C16H26ClN3O2/c1-4-18-16(19-10-5-12-21-3)20(2)11-13-22-15-8-6-14(17)7-9-15/h6-9H,4-5,10-13H2,1-3H3,(H,18,19). The molecule has 5 nitrogen and oxygen atoms in total. The molecule has 0 atom stereocenters. The number of aliphatic imine (C=N–C) groups is 1. The molecule has 22 heavy (non-hydrogen) atoms. The maximum absolute atomic E-state index is 5.85. The molecule has 0 fully saturated rings. The zero-order chi connectivity index (χ0) is 16.2. The van der Waals surface area contributed by atoms with Crippen LogP contribution in [0.4, 0.5) is 0 Å². The van der Waals surface area contributed by atoms with Crippen LogP contribution in [0.5, 0.6) is 5.75 Å². The highest BCUT2D eigenvalue weighted by molar-refractivity contribution is 6.30. The van der Waals surface area contributed by atoms with Crippen molar-refractivity contribution in [1.82, 2.24) is 10.2 Å². The quantitative estimate of drug-likeness (QED) is 0.430. The molecule has 0 heterocycles. The Morgan fingerprint density at radius 3 is 2.64 bits per heavy atom. The van der Waals surface area contributed by atoms with Crippen LogP contribution in [0.25, 0.3) is 0 Å². The molecule has 0 aromatic heterocycles. The number of likely N-dealkylation sites (N-methyl/N-ethyl adjacent to an activating group) is 1. The molecule has 6 heteroatoms. The van der Waals surface area contributed by atoms with Gasteiger partial charge in [0.25, 0.3) is 0 Å². The predicted octanol–water partition coefficient (Wildman–Crippen LogP) is 2.65. The van der Waals surface area contributed by atoms with Gasteiger partial charge >= 0.3 is 0 Å². The third-order valence-electron chi connectivity index (χ3n) is 2.97. The van der Waals surface area contributed by atoms with Crippen LogP contribution in [-0.2, 0) is 4.74 Å². The van der Waals surface area contributed by atoms with Crippen molar-refractivity contribution in [2.24, 2.45) is 4.99 Å². The van der Waals surface area contributed by atoms with Gasteiger partial charge in [-0.2, -0.15) is 0 Å². The molecule has 1 N–H and O–H groups in total. The van der Waals surface area contributed by atoms with Crippen LogP contribution >= 0.6 is 11.6 Å². The number of hydrogen-bond donors (Lipinski definition) is 1. The number of halogens is 1. The van der Waals surface area contributed by atoms with Crippen molar-refractivity contribution in [3.05, 3.63) is 29.3 Å². The highest BCUT2D eigenvalue weighted by Crippen LogP contribution is 2.15. The van der Waals surface area contributed by atoms with Crippen molar-refractivity contribution in [2.45, 2.75) is 13.3 Å². The first kappa shape index (κ1) is 18.6. The van der Waals surface area contributed by atoms with Crippen LogP contribution in [-0.4, -0.2) is 57.9 Å². The van der Waals surface area contributed by atoms with E-state index < -0.39 is 0 Å². The number of methoxy groups -OCH3 is 1. The Kier molecular flexibility index (Phi) is 9.42. The molecule has 0 amide bonds. The minimum absolute atomic E-state index is 0.584. The second-order valence-corrected chi connectivity index (χ2v) is 5.24. The summed E-state index contributed by atoms with van der Waals surface area (Å²) in [7, 11) is 3.71. The summed E-state index contributed by atoms with van der Waals surface area (Å²) in [4.78, 5) is 6.63. The highest BCUT2D eigenvalue weighted by Gasteiger charge is 2.05. The van der Waals surface area contributed by atoms with Gasteiger partial charge in [-0.15, -0.1) is 0 Å². The Morgan fingerprint density at radius 1 is 1.27 bits per heavy atom. The van der Waals surface area contributed by atoms with Crippen molar-refractivity contribution in [3.63, 3.8) is 0 Å². The Bertz CT molecular complexity index is 438. The Hall–Kier alpha value is -1.46. The summed E-state index contributed by atoms with van der Waals surface area (Å²) in [6.07, 6.45) is 0.917. The third kappa shape index (κ3) is 7.52. The van der Waals surface area contributed by atoms with E-state index in [4.69, 9.17) is 21.1 Å². The molecule has 0 saturated carbocycles. The average Bonchev–Trinajstić information content (AvgIpc) is 2.52. The molecule has 0 saturated heterocycles. The van der Waals surface area contributed by atoms with Gasteiger partial charge < -0.3 is 19.7 Å². The molecular formula is C16H26ClN3O2. The molecule has 0 aliphatic heterocycles. The zero-order valence-corrected chi connectivity index (χ0v) is 14.4. The normalized spacial score (nSPS) is 11.4. The zero-order valence-electron chi connectivity index (χ0n) is 13.6. The minimum atomic E-state index is 0.584. The van der Waals surface area contributed by atoms with Crippen molar-refractivity contribution >= 4 is 17.6 Å². The van der Waals surface area contributed by atoms with Crippen LogP contribution in [0.3, 0.4) is 0 Å². The summed E-state index contributed by atoms with van der Waals surface area (Å²) in [6.45, 7) is 5.71. The SMILES string of the molecule is CCNC(=NCCCOC)N(C)CCOc1ccc(Cl)cc1. The average molecular weight is 328 g/mol. The molecule has 0 spiro atoms. The van der Waals surface area contributed by atoms with Crippen LogP contribution in [0.15, 0.2) is 29.3 Å². The van der Waals surface area contributed by atoms with Crippen molar-refractivity contribution in [1.29, 1.82) is 0 Å². The van der Waals surface area contributed by atoms with Gasteiger partial charge in [0.05, 0.1) is 6.54 Å². The van der Waals surface area contributed by atoms with E-state index >= 15 is 0 Å². The summed E-state index contributed by atoms with van der Waals surface area (Å²) >= 11 is 5.85. The van der Waals surface area contributed by atoms with E-state index in [1.165, 1.54) is 0 Å². The molecule has 0 bridgehead atoms. The first-order valence-corrected chi connectivity index (χ1v) is 7.92. The van der Waals surface area contributed by atoms with Gasteiger partial charge in [-0.3, -0.25) is 4.99 Å². The maximum atomic E-state index is 5.85. The number of guanidine groups is 1. The molecule has 0 unspecified atom stereocenters. The van der Waals surface area contributed by atoms with Gasteiger partial charge in [-0.1, -0.05) is 11.6 Å². The van der Waals surface area contributed by atoms with E-state index in [1.807, 2.05) is 31.3 Å². The van der Waals surface area contributed by atoms with Crippen molar-refractivity contribution in [3.8, 4) is 5.75 Å². The van der Waals surface area contributed by atoms with Crippen LogP contribution in [0.1, 0.15) is 13.3 Å². The monoisotopic (exact) mass is 327 g/mol. The van der Waals surface area contributed by atoms with E-state index in [0.29, 0.717) is 11.6 Å². The molecular weight excluding hydrogens is 302 g/mol. The number of nitrogens with zero attached hydrogens (tertiary/aromatic N) is 2. The number of benzene rings is 1. The van der Waals surface area contributed by atoms with Gasteiger partial charge in [0, 0.05) is 38.9 Å². The fraction of sp³-hybridized carbons (Fsp3) is 0.562. The van der Waals surface area contributed by atoms with Crippen molar-refractivity contribution in [2.75, 3.05) is 47.0 Å². The van der Waals surface area contributed by atoms with Gasteiger partial charge in [-0.25, -0.2) is 0 Å². The van der Waals surface area contributed by atoms with Crippen LogP contribution in [0.2, 0.25) is 5.02 Å². The number of hydrogen-bond acceptors (Lipinski definition) is 3. The summed E-state index contributed by atoms with van der Waals surface area (Å²) in [5.41, 5.74) is 0. The first-order chi connectivity index (χ1) is 10.7. The van der Waals surface area contributed by atoms with Gasteiger partial charge in [0.15, 0.2) is 5.96 Å². The lowest BCUT2D eigenvalue weighted by molar-refractivity contribution is 0.197. The molecule has 1 aromatic carbocycles. The molecule has 1 aromatic rings. The smallest absolute Gasteiger partial charge is 0.193 e. The molecule has 124 valence electrons. The maximum Gasteiger partial charge on any atom is 0.193 e. The fourth-order valence-corrected chi connectivity index (χ4v) is 1.93. The lowest BCUT2D eigenvalue weighted by atomic mass is 10.3. The second-order valence-electron chi connectivity index (χ2n) is 4.81. The topological polar surface area (TPSA) is 46.1 Å². The van der Waals surface area contributed by atoms with Crippen molar-refractivity contribution < 1.29 is 9.47 Å². The van der Waals surface area contributed by atoms with E-state index in [9.17, 15) is 0 Å². The number of rotatable bonds is 9. The van der Waals surface area contributed by atoms with E-state index in [2.05, 4.69) is 22.1 Å². The molecule has 0 aliphatic carbocycles. The lowest BCUT2D eigenvalue weighted by Crippen LogP contribution is -2.41. The van der Waals surface area contributed by atoms with Gasteiger partial charge in [0.1, 0.15) is 12.4 Å². The largest absolute Gasteiger partial charge is 0.492 e. The summed E-state index contributed by atoms with van der Waals surface area (Å²) in [5, 5.41) is 3.99. The molecule has 1 rings (SSSR count). The van der Waals surface area contributed by atoms with E-state index in [0.717, 1.165) is 44.4 Å². The van der Waals surface area contributed by atoms with E-state index in [1.54, 1.807) is 7.11 Å². The Labute approximate surface area is 138 Å². The minimum Gasteiger partial charge on any atom is -0.492 e. The summed E-state index contributed by atoms with van der Waals surface area (Å²) < 4.78 is 10.7. The fourth-order valence-electron chi connectivity index (χ4n) is 1.80. The molecule has 0 aliphatic rings. The van der Waals surface area contributed by atoms with Crippen LogP contribution < -0.4 is 10.1 Å². The lowest BCUT2D eigenvalue weighted by Gasteiger charge is -2.22. The Balaban J connectivity index is 2.38. The summed E-state index contributed by atoms with van der Waals surface area (Å²) in [6, 6.07) is 7.38. The summed E-state index contributed by atoms with van der Waals surface area (Å²) in [5.74, 6) is 1.71. The van der Waals surface area contributed by atoms with E-state index in [-0.39, 0.29) is 0 Å². The number of nitrogens with one attached hydrogen (secondary N) is 1. The first-order valence-electron chi connectivity index (χ1n) is 7.54. The second kappa shape index (κ2) is 11.2. The third-order valence-corrected chi connectivity index (χ3v) is 3.23. The highest BCUT2D eigenvalue weighted by atomic mass is 35.5. The predicted molar refractivity (Wildman–Crippen MR) is 92.0 cm³/mol. The molecule has 0 radical (unpaired) electrons. The number of ether oxygens (including phenoxy) is 2.